The number of hydrogen-bond acceptors (Lipinski definition) is 3. The Kier molecular flexibility index (Phi) is 5.64. The Morgan fingerprint density at radius 2 is 2.10 bits per heavy atom. The van der Waals surface area contributed by atoms with Crippen molar-refractivity contribution >= 4 is 28.9 Å². The molecule has 0 saturated heterocycles. The molecule has 0 spiro atoms. The lowest BCUT2D eigenvalue weighted by Gasteiger charge is -2.19. The van der Waals surface area contributed by atoms with E-state index in [1.165, 1.54) is 18.0 Å². The second-order valence-electron chi connectivity index (χ2n) is 4.07. The molecule has 0 radical (unpaired) electrons. The van der Waals surface area contributed by atoms with Gasteiger partial charge < -0.3 is 15.4 Å². The van der Waals surface area contributed by atoms with Crippen molar-refractivity contribution in [3.8, 4) is 0 Å². The van der Waals surface area contributed by atoms with Crippen LogP contribution in [0.25, 0.3) is 0 Å². The highest BCUT2D eigenvalue weighted by molar-refractivity contribution is 6.31. The van der Waals surface area contributed by atoms with Crippen LogP contribution in [-0.4, -0.2) is 32.3 Å². The van der Waals surface area contributed by atoms with Crippen molar-refractivity contribution in [2.75, 3.05) is 30.9 Å². The quantitative estimate of drug-likeness (QED) is 0.672. The number of benzene rings is 1. The van der Waals surface area contributed by atoms with Gasteiger partial charge in [-0.15, -0.1) is 0 Å². The van der Waals surface area contributed by atoms with Crippen LogP contribution in [0.3, 0.4) is 0 Å². The van der Waals surface area contributed by atoms with Gasteiger partial charge in [0, 0.05) is 12.1 Å². The highest BCUT2D eigenvalue weighted by atomic mass is 35.5. The lowest BCUT2D eigenvalue weighted by molar-refractivity contribution is -0.174. The summed E-state index contributed by atoms with van der Waals surface area (Å²) in [6.07, 6.45) is -4.58. The lowest BCUT2D eigenvalue weighted by atomic mass is 10.2. The number of hydrogen-bond donors (Lipinski definition) is 1. The van der Waals surface area contributed by atoms with Gasteiger partial charge >= 0.3 is 6.18 Å². The molecular weight excluding hydrogens is 297 g/mol. The molecule has 1 rings (SSSR count). The van der Waals surface area contributed by atoms with Gasteiger partial charge in [0.25, 0.3) is 0 Å². The van der Waals surface area contributed by atoms with Crippen molar-refractivity contribution in [3.05, 3.63) is 23.2 Å². The van der Waals surface area contributed by atoms with Crippen LogP contribution in [0.5, 0.6) is 0 Å². The van der Waals surface area contributed by atoms with Gasteiger partial charge in [0.2, 0.25) is 5.91 Å². The molecule has 0 heterocycles. The molecule has 0 fully saturated rings. The van der Waals surface area contributed by atoms with Crippen molar-refractivity contribution in [1.29, 1.82) is 0 Å². The van der Waals surface area contributed by atoms with E-state index >= 15 is 0 Å². The molecule has 8 heteroatoms. The summed E-state index contributed by atoms with van der Waals surface area (Å²) >= 11 is 5.80. The number of halogens is 4. The SMILES string of the molecule is CN(C(=O)CCOCC(F)(F)F)c1cc(Cl)ccc1N. The van der Waals surface area contributed by atoms with E-state index in [9.17, 15) is 18.0 Å². The molecule has 0 bridgehead atoms. The Hall–Kier alpha value is -1.47. The van der Waals surface area contributed by atoms with E-state index in [0.29, 0.717) is 16.4 Å². The Labute approximate surface area is 119 Å². The summed E-state index contributed by atoms with van der Waals surface area (Å²) in [4.78, 5) is 13.0. The molecule has 1 aromatic rings. The number of ether oxygens (including phenoxy) is 1. The highest BCUT2D eigenvalue weighted by Crippen LogP contribution is 2.26. The molecule has 112 valence electrons. The van der Waals surface area contributed by atoms with Gasteiger partial charge in [-0.1, -0.05) is 11.6 Å². The summed E-state index contributed by atoms with van der Waals surface area (Å²) in [5.41, 5.74) is 6.46. The number of carbonyl (C=O) groups is 1. The molecule has 1 aromatic carbocycles. The zero-order valence-corrected chi connectivity index (χ0v) is 11.5. The number of nitrogens with zero attached hydrogens (tertiary/aromatic N) is 1. The zero-order chi connectivity index (χ0) is 15.3. The molecule has 0 unspecified atom stereocenters. The molecule has 0 aliphatic heterocycles. The second-order valence-corrected chi connectivity index (χ2v) is 4.51. The fourth-order valence-electron chi connectivity index (χ4n) is 1.46. The number of carbonyl (C=O) groups excluding carboxylic acids is 1. The first-order valence-electron chi connectivity index (χ1n) is 5.67. The summed E-state index contributed by atoms with van der Waals surface area (Å²) < 4.78 is 39.9. The average molecular weight is 311 g/mol. The van der Waals surface area contributed by atoms with Crippen LogP contribution in [0.15, 0.2) is 18.2 Å². The third-order valence-electron chi connectivity index (χ3n) is 2.45. The predicted octanol–water partition coefficient (Wildman–Crippen LogP) is 2.85. The predicted molar refractivity (Wildman–Crippen MR) is 70.8 cm³/mol. The van der Waals surface area contributed by atoms with Crippen LogP contribution in [-0.2, 0) is 9.53 Å². The highest BCUT2D eigenvalue weighted by Gasteiger charge is 2.27. The van der Waals surface area contributed by atoms with Crippen LogP contribution in [0.1, 0.15) is 6.42 Å². The number of nitrogens with two attached hydrogens (primary N) is 1. The second kappa shape index (κ2) is 6.81. The minimum Gasteiger partial charge on any atom is -0.397 e. The molecule has 0 atom stereocenters. The van der Waals surface area contributed by atoms with Gasteiger partial charge in [0.15, 0.2) is 0 Å². The lowest BCUT2D eigenvalue weighted by Crippen LogP contribution is -2.28. The number of rotatable bonds is 5. The minimum absolute atomic E-state index is 0.182. The summed E-state index contributed by atoms with van der Waals surface area (Å²) in [7, 11) is 1.47. The summed E-state index contributed by atoms with van der Waals surface area (Å²) in [5.74, 6) is -0.416. The summed E-state index contributed by atoms with van der Waals surface area (Å²) in [6.45, 7) is -1.69. The zero-order valence-electron chi connectivity index (χ0n) is 10.7. The van der Waals surface area contributed by atoms with Crippen LogP contribution in [0, 0.1) is 0 Å². The number of anilines is 2. The third kappa shape index (κ3) is 5.26. The maximum absolute atomic E-state index is 11.8. The van der Waals surface area contributed by atoms with Crippen molar-refractivity contribution < 1.29 is 22.7 Å². The Bertz CT molecular complexity index is 480. The molecule has 20 heavy (non-hydrogen) atoms. The van der Waals surface area contributed by atoms with E-state index in [-0.39, 0.29) is 13.0 Å². The largest absolute Gasteiger partial charge is 0.411 e. The number of nitrogen functional groups attached to an aromatic ring is 1. The van der Waals surface area contributed by atoms with Crippen molar-refractivity contribution in [2.24, 2.45) is 0 Å². The fourth-order valence-corrected chi connectivity index (χ4v) is 1.62. The first-order valence-corrected chi connectivity index (χ1v) is 6.04. The Morgan fingerprint density at radius 3 is 2.70 bits per heavy atom. The summed E-state index contributed by atoms with van der Waals surface area (Å²) in [5, 5.41) is 0.405. The van der Waals surface area contributed by atoms with Gasteiger partial charge in [-0.25, -0.2) is 0 Å². The maximum Gasteiger partial charge on any atom is 0.411 e. The average Bonchev–Trinajstić information content (AvgIpc) is 2.35. The fraction of sp³-hybridized carbons (Fsp3) is 0.417. The summed E-state index contributed by atoms with van der Waals surface area (Å²) in [6, 6.07) is 4.62. The van der Waals surface area contributed by atoms with E-state index in [1.807, 2.05) is 0 Å². The van der Waals surface area contributed by atoms with Crippen molar-refractivity contribution in [3.63, 3.8) is 0 Å². The Morgan fingerprint density at radius 1 is 1.45 bits per heavy atom. The van der Waals surface area contributed by atoms with Crippen LogP contribution < -0.4 is 10.6 Å². The monoisotopic (exact) mass is 310 g/mol. The molecular formula is C12H14ClF3N2O2. The normalized spacial score (nSPS) is 11.4. The van der Waals surface area contributed by atoms with E-state index in [0.717, 1.165) is 0 Å². The molecule has 4 nitrogen and oxygen atoms in total. The van der Waals surface area contributed by atoms with Gasteiger partial charge in [-0.05, 0) is 18.2 Å². The number of amides is 1. The third-order valence-corrected chi connectivity index (χ3v) is 2.69. The van der Waals surface area contributed by atoms with Crippen LogP contribution in [0.2, 0.25) is 5.02 Å². The molecule has 1 amide bonds. The van der Waals surface area contributed by atoms with E-state index in [4.69, 9.17) is 17.3 Å². The van der Waals surface area contributed by atoms with Crippen molar-refractivity contribution in [1.82, 2.24) is 0 Å². The van der Waals surface area contributed by atoms with E-state index < -0.39 is 18.7 Å². The topological polar surface area (TPSA) is 55.6 Å². The van der Waals surface area contributed by atoms with Crippen LogP contribution >= 0.6 is 11.6 Å². The smallest absolute Gasteiger partial charge is 0.397 e. The van der Waals surface area contributed by atoms with Crippen LogP contribution in [0.4, 0.5) is 24.5 Å². The van der Waals surface area contributed by atoms with Gasteiger partial charge in [-0.2, -0.15) is 13.2 Å². The van der Waals surface area contributed by atoms with Crippen molar-refractivity contribution in [2.45, 2.75) is 12.6 Å². The standard InChI is InChI=1S/C12H14ClF3N2O2/c1-18(10-6-8(13)2-3-9(10)17)11(19)4-5-20-7-12(14,15)16/h2-3,6H,4-5,7,17H2,1H3. The number of alkyl halides is 3. The van der Waals surface area contributed by atoms with E-state index in [1.54, 1.807) is 12.1 Å². The van der Waals surface area contributed by atoms with Gasteiger partial charge in [0.1, 0.15) is 6.61 Å². The molecule has 0 aromatic heterocycles. The molecule has 0 aliphatic carbocycles. The first-order chi connectivity index (χ1) is 9.20. The first kappa shape index (κ1) is 16.6. The molecule has 2 N–H and O–H groups in total. The van der Waals surface area contributed by atoms with E-state index in [2.05, 4.69) is 4.74 Å². The molecule has 0 saturated carbocycles. The van der Waals surface area contributed by atoms with Gasteiger partial charge in [0.05, 0.1) is 24.4 Å². The Balaban J connectivity index is 2.53. The maximum atomic E-state index is 11.8. The molecule has 0 aliphatic rings. The minimum atomic E-state index is -4.40. The van der Waals surface area contributed by atoms with Gasteiger partial charge in [-0.3, -0.25) is 4.79 Å².